The first-order chi connectivity index (χ1) is 15.0. The number of nitrogens with one attached hydrogen (secondary N) is 1. The van der Waals surface area contributed by atoms with Crippen LogP contribution in [0.2, 0.25) is 0 Å². The van der Waals surface area contributed by atoms with Gasteiger partial charge in [-0.2, -0.15) is 0 Å². The Morgan fingerprint density at radius 3 is 2.81 bits per heavy atom. The fourth-order valence-corrected chi connectivity index (χ4v) is 3.81. The summed E-state index contributed by atoms with van der Waals surface area (Å²) < 4.78 is 10.4. The Kier molecular flexibility index (Phi) is 7.50. The summed E-state index contributed by atoms with van der Waals surface area (Å²) in [4.78, 5) is 23.6. The van der Waals surface area contributed by atoms with Gasteiger partial charge in [-0.3, -0.25) is 4.98 Å². The van der Waals surface area contributed by atoms with Crippen molar-refractivity contribution in [3.63, 3.8) is 0 Å². The molecular weight excluding hydrogens is 392 g/mol. The molecule has 1 aliphatic heterocycles. The highest BCUT2D eigenvalue weighted by molar-refractivity contribution is 5.98. The average Bonchev–Trinajstić information content (AvgIpc) is 2.78. The molecule has 7 nitrogen and oxygen atoms in total. The fraction of sp³-hybridized carbons (Fsp3) is 0.458. The van der Waals surface area contributed by atoms with Crippen molar-refractivity contribution in [1.29, 1.82) is 0 Å². The van der Waals surface area contributed by atoms with Gasteiger partial charge < -0.3 is 19.7 Å². The number of benzene rings is 1. The van der Waals surface area contributed by atoms with Crippen molar-refractivity contribution in [3.05, 3.63) is 52.3 Å². The van der Waals surface area contributed by atoms with Gasteiger partial charge in [0.25, 0.3) is 0 Å². The molecule has 0 atom stereocenters. The van der Waals surface area contributed by atoms with Crippen LogP contribution in [0.1, 0.15) is 60.4 Å². The summed E-state index contributed by atoms with van der Waals surface area (Å²) in [5.74, 6) is 1.31. The molecular formula is C24H34N4O3. The van der Waals surface area contributed by atoms with E-state index in [2.05, 4.69) is 22.1 Å². The minimum absolute atomic E-state index is 0. The molecule has 1 aliphatic rings. The van der Waals surface area contributed by atoms with Gasteiger partial charge in [-0.15, -0.1) is 0 Å². The summed E-state index contributed by atoms with van der Waals surface area (Å²) in [6.45, 7) is 8.31. The molecule has 0 saturated carbocycles. The predicted molar refractivity (Wildman–Crippen MR) is 125 cm³/mol. The highest BCUT2D eigenvalue weighted by Crippen LogP contribution is 2.27. The van der Waals surface area contributed by atoms with Crippen LogP contribution < -0.4 is 10.1 Å². The maximum atomic E-state index is 11.9. The van der Waals surface area contributed by atoms with Crippen LogP contribution in [-0.2, 0) is 17.8 Å². The number of fused-ring (bicyclic) bond motifs is 1. The Balaban J connectivity index is 0.00000363. The smallest absolute Gasteiger partial charge is 0.337 e. The van der Waals surface area contributed by atoms with E-state index >= 15 is 0 Å². The SMILES string of the molecule is CCCCCN1Cc2ccc(C(=O)OC)cc2NC1=NCc1ncc(C)c(OC)c1C.[HH]. The lowest BCUT2D eigenvalue weighted by Crippen LogP contribution is -2.40. The van der Waals surface area contributed by atoms with Crippen molar-refractivity contribution in [2.75, 3.05) is 26.1 Å². The number of unbranched alkanes of at least 4 members (excludes halogenated alkanes) is 2. The zero-order chi connectivity index (χ0) is 22.4. The second-order valence-electron chi connectivity index (χ2n) is 7.80. The molecule has 1 aromatic carbocycles. The van der Waals surface area contributed by atoms with Gasteiger partial charge in [0.15, 0.2) is 5.96 Å². The van der Waals surface area contributed by atoms with E-state index in [1.165, 1.54) is 20.0 Å². The Morgan fingerprint density at radius 2 is 2.10 bits per heavy atom. The van der Waals surface area contributed by atoms with E-state index in [-0.39, 0.29) is 7.40 Å². The molecule has 7 heteroatoms. The molecule has 0 saturated heterocycles. The highest BCUT2D eigenvalue weighted by atomic mass is 16.5. The van der Waals surface area contributed by atoms with Crippen molar-refractivity contribution in [3.8, 4) is 5.75 Å². The molecule has 31 heavy (non-hydrogen) atoms. The highest BCUT2D eigenvalue weighted by Gasteiger charge is 2.22. The third-order valence-corrected chi connectivity index (χ3v) is 5.60. The largest absolute Gasteiger partial charge is 0.496 e. The maximum Gasteiger partial charge on any atom is 0.337 e. The molecule has 0 fully saturated rings. The summed E-state index contributed by atoms with van der Waals surface area (Å²) in [6.07, 6.45) is 5.27. The number of carbonyl (C=O) groups excluding carboxylic acids is 1. The van der Waals surface area contributed by atoms with Crippen LogP contribution in [0.4, 0.5) is 5.69 Å². The summed E-state index contributed by atoms with van der Waals surface area (Å²) in [5, 5.41) is 3.43. The van der Waals surface area contributed by atoms with Gasteiger partial charge >= 0.3 is 5.97 Å². The number of anilines is 1. The lowest BCUT2D eigenvalue weighted by atomic mass is 10.1. The summed E-state index contributed by atoms with van der Waals surface area (Å²) in [7, 11) is 3.07. The zero-order valence-corrected chi connectivity index (χ0v) is 19.1. The molecule has 0 unspecified atom stereocenters. The zero-order valence-electron chi connectivity index (χ0n) is 19.1. The molecule has 1 N–H and O–H groups in total. The Bertz CT molecular complexity index is 978. The van der Waals surface area contributed by atoms with E-state index in [1.54, 1.807) is 7.11 Å². The fourth-order valence-electron chi connectivity index (χ4n) is 3.81. The van der Waals surface area contributed by atoms with E-state index in [0.29, 0.717) is 12.1 Å². The monoisotopic (exact) mass is 426 g/mol. The molecule has 0 aliphatic carbocycles. The van der Waals surface area contributed by atoms with E-state index in [9.17, 15) is 4.79 Å². The molecule has 0 amide bonds. The Hall–Kier alpha value is -3.09. The quantitative estimate of drug-likeness (QED) is 0.486. The van der Waals surface area contributed by atoms with Gasteiger partial charge in [-0.25, -0.2) is 9.79 Å². The van der Waals surface area contributed by atoms with Crippen molar-refractivity contribution >= 4 is 17.6 Å². The van der Waals surface area contributed by atoms with Gasteiger partial charge in [0, 0.05) is 37.5 Å². The molecule has 1 aromatic heterocycles. The molecule has 0 spiro atoms. The second kappa shape index (κ2) is 10.3. The van der Waals surface area contributed by atoms with Crippen LogP contribution in [-0.4, -0.2) is 42.6 Å². The van der Waals surface area contributed by atoms with E-state index < -0.39 is 0 Å². The number of carbonyl (C=O) groups is 1. The lowest BCUT2D eigenvalue weighted by Gasteiger charge is -2.33. The van der Waals surface area contributed by atoms with Crippen molar-refractivity contribution < 1.29 is 15.7 Å². The molecule has 2 aromatic rings. The van der Waals surface area contributed by atoms with Gasteiger partial charge in [0.2, 0.25) is 0 Å². The molecule has 2 heterocycles. The summed E-state index contributed by atoms with van der Waals surface area (Å²) in [5.41, 5.74) is 5.45. The summed E-state index contributed by atoms with van der Waals surface area (Å²) in [6, 6.07) is 5.62. The number of aryl methyl sites for hydroxylation is 1. The van der Waals surface area contributed by atoms with Crippen LogP contribution in [0.3, 0.4) is 0 Å². The van der Waals surface area contributed by atoms with Crippen LogP contribution >= 0.6 is 0 Å². The van der Waals surface area contributed by atoms with E-state index in [1.807, 2.05) is 38.2 Å². The number of aliphatic imine (C=N–C) groups is 1. The van der Waals surface area contributed by atoms with Gasteiger partial charge in [0.05, 0.1) is 32.0 Å². The van der Waals surface area contributed by atoms with Crippen LogP contribution in [0.5, 0.6) is 5.75 Å². The number of hydrogen-bond donors (Lipinski definition) is 1. The van der Waals surface area contributed by atoms with Crippen molar-refractivity contribution in [2.24, 2.45) is 4.99 Å². The minimum atomic E-state index is -0.347. The molecule has 0 bridgehead atoms. The van der Waals surface area contributed by atoms with Crippen LogP contribution in [0, 0.1) is 13.8 Å². The standard InChI is InChI=1S/C24H32N4O3.H2/c1-6-7-8-11-28-15-19-10-9-18(23(29)31-5)12-20(19)27-24(28)26-14-21-17(3)22(30-4)16(2)13-25-21;/h9-10,12-13H,6-8,11,14-15H2,1-5H3,(H,26,27);1H. The molecule has 168 valence electrons. The van der Waals surface area contributed by atoms with Gasteiger partial charge in [-0.1, -0.05) is 25.8 Å². The number of hydrogen-bond acceptors (Lipinski definition) is 5. The maximum absolute atomic E-state index is 11.9. The number of ether oxygens (including phenoxy) is 2. The minimum Gasteiger partial charge on any atom is -0.496 e. The van der Waals surface area contributed by atoms with Crippen molar-refractivity contribution in [1.82, 2.24) is 9.88 Å². The number of rotatable bonds is 8. The van der Waals surface area contributed by atoms with Crippen molar-refractivity contribution in [2.45, 2.75) is 53.1 Å². The lowest BCUT2D eigenvalue weighted by molar-refractivity contribution is 0.0600. The Labute approximate surface area is 186 Å². The number of aromatic nitrogens is 1. The number of esters is 1. The van der Waals surface area contributed by atoms with Crippen LogP contribution in [0.15, 0.2) is 29.4 Å². The second-order valence-corrected chi connectivity index (χ2v) is 7.80. The first-order valence-electron chi connectivity index (χ1n) is 10.7. The number of methoxy groups -OCH3 is 2. The first-order valence-corrected chi connectivity index (χ1v) is 10.7. The third-order valence-electron chi connectivity index (χ3n) is 5.60. The summed E-state index contributed by atoms with van der Waals surface area (Å²) >= 11 is 0. The average molecular weight is 427 g/mol. The number of guanidine groups is 1. The molecule has 3 rings (SSSR count). The normalized spacial score (nSPS) is 14.2. The molecule has 0 radical (unpaired) electrons. The van der Waals surface area contributed by atoms with Gasteiger partial charge in [-0.05, 0) is 38.0 Å². The third kappa shape index (κ3) is 5.16. The number of nitrogens with zero attached hydrogens (tertiary/aromatic N) is 3. The predicted octanol–water partition coefficient (Wildman–Crippen LogP) is 4.71. The van der Waals surface area contributed by atoms with E-state index in [4.69, 9.17) is 14.5 Å². The topological polar surface area (TPSA) is 76.0 Å². The van der Waals surface area contributed by atoms with Gasteiger partial charge in [0.1, 0.15) is 5.75 Å². The van der Waals surface area contributed by atoms with E-state index in [0.717, 1.165) is 59.3 Å². The first kappa shape index (κ1) is 22.6. The van der Waals surface area contributed by atoms with Crippen LogP contribution in [0.25, 0.3) is 0 Å². The number of pyridine rings is 1. The Morgan fingerprint density at radius 1 is 1.29 bits per heavy atom.